The molecule has 2 nitrogen and oxygen atoms in total. The Morgan fingerprint density at radius 1 is 1.00 bits per heavy atom. The molecule has 1 aliphatic carbocycles. The first-order valence-electron chi connectivity index (χ1n) is 8.59. The van der Waals surface area contributed by atoms with Gasteiger partial charge in [-0.05, 0) is 65.2 Å². The zero-order valence-electron chi connectivity index (χ0n) is 14.0. The van der Waals surface area contributed by atoms with Gasteiger partial charge in [0.25, 0.3) is 0 Å². The van der Waals surface area contributed by atoms with Gasteiger partial charge in [-0.1, -0.05) is 44.2 Å². The van der Waals surface area contributed by atoms with Crippen molar-refractivity contribution in [3.63, 3.8) is 0 Å². The summed E-state index contributed by atoms with van der Waals surface area (Å²) in [5.74, 6) is 0.702. The van der Waals surface area contributed by atoms with E-state index >= 15 is 0 Å². The third-order valence-electron chi connectivity index (χ3n) is 4.24. The number of pyridine rings is 1. The molecule has 0 spiro atoms. The van der Waals surface area contributed by atoms with Crippen LogP contribution in [-0.4, -0.2) is 11.1 Å². The van der Waals surface area contributed by atoms with Crippen molar-refractivity contribution in [2.24, 2.45) is 0 Å². The van der Waals surface area contributed by atoms with Crippen LogP contribution in [0.1, 0.15) is 56.7 Å². The Morgan fingerprint density at radius 2 is 1.70 bits per heavy atom. The Morgan fingerprint density at radius 3 is 2.35 bits per heavy atom. The van der Waals surface area contributed by atoms with Crippen molar-refractivity contribution in [1.82, 2.24) is 4.98 Å². The minimum absolute atomic E-state index is 0.374. The summed E-state index contributed by atoms with van der Waals surface area (Å²) in [6, 6.07) is 14.8. The lowest BCUT2D eigenvalue weighted by molar-refractivity contribution is 0.0115. The summed E-state index contributed by atoms with van der Waals surface area (Å²) in [4.78, 5) is 4.35. The molecule has 0 aliphatic heterocycles. The Kier molecular flexibility index (Phi) is 7.77. The van der Waals surface area contributed by atoms with E-state index in [2.05, 4.69) is 51.2 Å². The van der Waals surface area contributed by atoms with Gasteiger partial charge in [0.2, 0.25) is 0 Å². The maximum absolute atomic E-state index is 6.04. The molecule has 0 amide bonds. The summed E-state index contributed by atoms with van der Waals surface area (Å²) in [6.45, 7) is 4.60. The predicted octanol–water partition coefficient (Wildman–Crippen LogP) is 6.11. The van der Waals surface area contributed by atoms with Crippen LogP contribution in [0, 0.1) is 0 Å². The van der Waals surface area contributed by atoms with Crippen molar-refractivity contribution in [1.29, 1.82) is 0 Å². The molecule has 1 fully saturated rings. The van der Waals surface area contributed by atoms with Crippen LogP contribution < -0.4 is 0 Å². The first-order chi connectivity index (χ1) is 11.3. The van der Waals surface area contributed by atoms with Gasteiger partial charge in [0.1, 0.15) is 0 Å². The number of ether oxygens (including phenoxy) is 1. The molecule has 0 saturated heterocycles. The molecule has 1 aliphatic rings. The first-order valence-corrected chi connectivity index (χ1v) is 9.38. The summed E-state index contributed by atoms with van der Waals surface area (Å²) < 4.78 is 7.07. The molecule has 1 aromatic heterocycles. The lowest BCUT2D eigenvalue weighted by Gasteiger charge is -2.28. The van der Waals surface area contributed by atoms with Crippen molar-refractivity contribution in [2.75, 3.05) is 0 Å². The molecule has 23 heavy (non-hydrogen) atoms. The third-order valence-corrected chi connectivity index (χ3v) is 4.96. The van der Waals surface area contributed by atoms with E-state index in [1.807, 2.05) is 32.2 Å². The number of nitrogens with zero attached hydrogens (tertiary/aromatic N) is 1. The molecule has 3 heteroatoms. The zero-order valence-corrected chi connectivity index (χ0v) is 15.6. The summed E-state index contributed by atoms with van der Waals surface area (Å²) in [7, 11) is 0. The number of halogens is 1. The van der Waals surface area contributed by atoms with Crippen molar-refractivity contribution >= 4 is 15.9 Å². The lowest BCUT2D eigenvalue weighted by Crippen LogP contribution is -2.21. The van der Waals surface area contributed by atoms with E-state index < -0.39 is 0 Å². The minimum Gasteiger partial charge on any atom is -0.372 e. The van der Waals surface area contributed by atoms with Gasteiger partial charge in [-0.25, -0.2) is 0 Å². The summed E-state index contributed by atoms with van der Waals surface area (Å²) >= 11 is 3.52. The van der Waals surface area contributed by atoms with E-state index in [4.69, 9.17) is 4.74 Å². The van der Waals surface area contributed by atoms with Crippen LogP contribution in [0.2, 0.25) is 0 Å². The third kappa shape index (κ3) is 5.43. The second-order valence-electron chi connectivity index (χ2n) is 5.63. The average molecular weight is 376 g/mol. The zero-order chi connectivity index (χ0) is 16.5. The molecule has 0 atom stereocenters. The van der Waals surface area contributed by atoms with Gasteiger partial charge >= 0.3 is 0 Å². The van der Waals surface area contributed by atoms with E-state index in [9.17, 15) is 0 Å². The Labute approximate surface area is 148 Å². The number of aromatic nitrogens is 1. The fourth-order valence-corrected chi connectivity index (χ4v) is 3.38. The molecule has 0 bridgehead atoms. The van der Waals surface area contributed by atoms with Gasteiger partial charge in [-0.2, -0.15) is 0 Å². The van der Waals surface area contributed by atoms with Gasteiger partial charge in [-0.15, -0.1) is 0 Å². The Balaban J connectivity index is 0.000000924. The van der Waals surface area contributed by atoms with Gasteiger partial charge < -0.3 is 4.74 Å². The van der Waals surface area contributed by atoms with Crippen molar-refractivity contribution in [2.45, 2.75) is 58.2 Å². The number of rotatable bonds is 4. The van der Waals surface area contributed by atoms with E-state index in [0.29, 0.717) is 18.6 Å². The molecule has 1 saturated carbocycles. The molecule has 0 N–H and O–H groups in total. The van der Waals surface area contributed by atoms with Gasteiger partial charge in [0.15, 0.2) is 0 Å². The van der Waals surface area contributed by atoms with Crippen LogP contribution in [-0.2, 0) is 11.3 Å². The maximum Gasteiger partial charge on any atom is 0.0903 e. The highest BCUT2D eigenvalue weighted by Crippen LogP contribution is 2.34. The standard InChI is InChI=1S/C18H20BrNO.C2H6/c19-17-7-4-12-20-18(17)13-21-16-10-8-15(9-11-16)14-5-2-1-3-6-14;1-2/h1-7,12,15-16H,8-11,13H2;1-2H3. The van der Waals surface area contributed by atoms with Crippen molar-refractivity contribution in [3.05, 3.63) is 64.4 Å². The predicted molar refractivity (Wildman–Crippen MR) is 99.5 cm³/mol. The van der Waals surface area contributed by atoms with Crippen molar-refractivity contribution < 1.29 is 4.74 Å². The highest BCUT2D eigenvalue weighted by atomic mass is 79.9. The van der Waals surface area contributed by atoms with Crippen LogP contribution in [0.4, 0.5) is 0 Å². The molecular weight excluding hydrogens is 350 g/mol. The summed E-state index contributed by atoms with van der Waals surface area (Å²) in [5.41, 5.74) is 2.46. The highest BCUT2D eigenvalue weighted by molar-refractivity contribution is 9.10. The first kappa shape index (κ1) is 18.2. The van der Waals surface area contributed by atoms with Crippen LogP contribution in [0.25, 0.3) is 0 Å². The van der Waals surface area contributed by atoms with Gasteiger partial charge in [0.05, 0.1) is 18.4 Å². The highest BCUT2D eigenvalue weighted by Gasteiger charge is 2.22. The Bertz CT molecular complexity index is 565. The van der Waals surface area contributed by atoms with Crippen molar-refractivity contribution in [3.8, 4) is 0 Å². The van der Waals surface area contributed by atoms with Crippen LogP contribution in [0.15, 0.2) is 53.1 Å². The minimum atomic E-state index is 0.374. The fourth-order valence-electron chi connectivity index (χ4n) is 3.01. The molecule has 0 radical (unpaired) electrons. The molecule has 0 unspecified atom stereocenters. The van der Waals surface area contributed by atoms with Gasteiger partial charge in [0, 0.05) is 10.7 Å². The number of hydrogen-bond donors (Lipinski definition) is 0. The van der Waals surface area contributed by atoms with Crippen LogP contribution in [0.5, 0.6) is 0 Å². The van der Waals surface area contributed by atoms with E-state index in [1.54, 1.807) is 0 Å². The smallest absolute Gasteiger partial charge is 0.0903 e. The maximum atomic E-state index is 6.04. The monoisotopic (exact) mass is 375 g/mol. The summed E-state index contributed by atoms with van der Waals surface area (Å²) in [6.07, 6.45) is 6.92. The largest absolute Gasteiger partial charge is 0.372 e. The number of benzene rings is 1. The fraction of sp³-hybridized carbons (Fsp3) is 0.450. The lowest BCUT2D eigenvalue weighted by atomic mass is 9.83. The van der Waals surface area contributed by atoms with Crippen LogP contribution >= 0.6 is 15.9 Å². The number of hydrogen-bond acceptors (Lipinski definition) is 2. The van der Waals surface area contributed by atoms with Gasteiger partial charge in [-0.3, -0.25) is 4.98 Å². The SMILES string of the molecule is Brc1cccnc1COC1CCC(c2ccccc2)CC1.CC. The summed E-state index contributed by atoms with van der Waals surface area (Å²) in [5, 5.41) is 0. The topological polar surface area (TPSA) is 22.1 Å². The normalized spacial score (nSPS) is 20.5. The van der Waals surface area contributed by atoms with E-state index in [1.165, 1.54) is 18.4 Å². The Hall–Kier alpha value is -1.19. The van der Waals surface area contributed by atoms with E-state index in [-0.39, 0.29) is 0 Å². The van der Waals surface area contributed by atoms with E-state index in [0.717, 1.165) is 23.0 Å². The molecular formula is C20H26BrNO. The van der Waals surface area contributed by atoms with Crippen LogP contribution in [0.3, 0.4) is 0 Å². The second-order valence-corrected chi connectivity index (χ2v) is 6.48. The molecule has 1 aromatic carbocycles. The average Bonchev–Trinajstić information content (AvgIpc) is 2.64. The molecule has 124 valence electrons. The molecule has 2 aromatic rings. The molecule has 1 heterocycles. The second kappa shape index (κ2) is 9.84. The molecule has 3 rings (SSSR count). The quantitative estimate of drug-likeness (QED) is 0.642.